The van der Waals surface area contributed by atoms with Gasteiger partial charge in [0.05, 0.1) is 5.54 Å². The molecular formula is C11H22N2O3. The molecule has 0 aliphatic rings. The second-order valence-corrected chi connectivity index (χ2v) is 4.72. The van der Waals surface area contributed by atoms with E-state index >= 15 is 0 Å². The maximum absolute atomic E-state index is 11.3. The fourth-order valence-corrected chi connectivity index (χ4v) is 1.32. The summed E-state index contributed by atoms with van der Waals surface area (Å²) < 4.78 is 0. The molecule has 0 aromatic carbocycles. The number of nitrogens with two attached hydrogens (primary N) is 1. The molecular weight excluding hydrogens is 208 g/mol. The molecule has 0 aliphatic heterocycles. The number of primary amides is 1. The van der Waals surface area contributed by atoms with Gasteiger partial charge in [0, 0.05) is 6.42 Å². The SMILES string of the molecule is CC(C)CNC(C)(CCCC(=O)O)C(N)=O. The van der Waals surface area contributed by atoms with Crippen molar-refractivity contribution in [2.24, 2.45) is 11.7 Å². The average molecular weight is 230 g/mol. The van der Waals surface area contributed by atoms with Crippen molar-refractivity contribution in [1.29, 1.82) is 0 Å². The molecule has 1 unspecified atom stereocenters. The molecule has 1 atom stereocenters. The highest BCUT2D eigenvalue weighted by Gasteiger charge is 2.30. The van der Waals surface area contributed by atoms with E-state index in [4.69, 9.17) is 10.8 Å². The van der Waals surface area contributed by atoms with Gasteiger partial charge in [-0.1, -0.05) is 13.8 Å². The van der Waals surface area contributed by atoms with Crippen LogP contribution in [0.15, 0.2) is 0 Å². The zero-order valence-electron chi connectivity index (χ0n) is 10.2. The highest BCUT2D eigenvalue weighted by Crippen LogP contribution is 2.14. The first kappa shape index (κ1) is 14.9. The van der Waals surface area contributed by atoms with Crippen LogP contribution in [0.5, 0.6) is 0 Å². The summed E-state index contributed by atoms with van der Waals surface area (Å²) in [7, 11) is 0. The van der Waals surface area contributed by atoms with Crippen molar-refractivity contribution in [3.63, 3.8) is 0 Å². The number of rotatable bonds is 8. The van der Waals surface area contributed by atoms with Crippen LogP contribution in [-0.2, 0) is 9.59 Å². The Morgan fingerprint density at radius 2 is 2.00 bits per heavy atom. The van der Waals surface area contributed by atoms with Crippen LogP contribution in [0.2, 0.25) is 0 Å². The fraction of sp³-hybridized carbons (Fsp3) is 0.818. The molecule has 0 rings (SSSR count). The first-order chi connectivity index (χ1) is 7.28. The molecule has 0 aromatic rings. The number of aliphatic carboxylic acids is 1. The highest BCUT2D eigenvalue weighted by molar-refractivity contribution is 5.84. The van der Waals surface area contributed by atoms with Gasteiger partial charge >= 0.3 is 5.97 Å². The van der Waals surface area contributed by atoms with E-state index in [0.717, 1.165) is 0 Å². The normalized spacial score (nSPS) is 14.8. The van der Waals surface area contributed by atoms with E-state index in [-0.39, 0.29) is 6.42 Å². The molecule has 0 spiro atoms. The molecule has 5 heteroatoms. The maximum Gasteiger partial charge on any atom is 0.303 e. The third-order valence-corrected chi connectivity index (χ3v) is 2.51. The van der Waals surface area contributed by atoms with E-state index in [1.807, 2.05) is 13.8 Å². The first-order valence-corrected chi connectivity index (χ1v) is 5.54. The third-order valence-electron chi connectivity index (χ3n) is 2.51. The van der Waals surface area contributed by atoms with E-state index in [1.54, 1.807) is 6.92 Å². The lowest BCUT2D eigenvalue weighted by molar-refractivity contribution is -0.137. The lowest BCUT2D eigenvalue weighted by Crippen LogP contribution is -2.54. The Hall–Kier alpha value is -1.10. The predicted molar refractivity (Wildman–Crippen MR) is 61.9 cm³/mol. The maximum atomic E-state index is 11.3. The van der Waals surface area contributed by atoms with Gasteiger partial charge in [0.15, 0.2) is 0 Å². The smallest absolute Gasteiger partial charge is 0.303 e. The van der Waals surface area contributed by atoms with Gasteiger partial charge in [0.2, 0.25) is 5.91 Å². The number of hydrogen-bond acceptors (Lipinski definition) is 3. The van der Waals surface area contributed by atoms with E-state index < -0.39 is 17.4 Å². The summed E-state index contributed by atoms with van der Waals surface area (Å²) in [6.07, 6.45) is 0.952. The van der Waals surface area contributed by atoms with Crippen molar-refractivity contribution >= 4 is 11.9 Å². The van der Waals surface area contributed by atoms with Crippen molar-refractivity contribution in [1.82, 2.24) is 5.32 Å². The van der Waals surface area contributed by atoms with Gasteiger partial charge in [-0.15, -0.1) is 0 Å². The molecule has 0 aromatic heterocycles. The number of nitrogens with one attached hydrogen (secondary N) is 1. The Labute approximate surface area is 96.4 Å². The van der Waals surface area contributed by atoms with Gasteiger partial charge in [-0.25, -0.2) is 0 Å². The summed E-state index contributed by atoms with van der Waals surface area (Å²) in [4.78, 5) is 21.7. The van der Waals surface area contributed by atoms with Crippen molar-refractivity contribution in [2.45, 2.75) is 45.6 Å². The molecule has 0 saturated carbocycles. The zero-order valence-corrected chi connectivity index (χ0v) is 10.2. The number of carbonyl (C=O) groups excluding carboxylic acids is 1. The van der Waals surface area contributed by atoms with Gasteiger partial charge < -0.3 is 16.2 Å². The van der Waals surface area contributed by atoms with Crippen molar-refractivity contribution in [3.8, 4) is 0 Å². The molecule has 0 fully saturated rings. The molecule has 16 heavy (non-hydrogen) atoms. The van der Waals surface area contributed by atoms with Crippen molar-refractivity contribution in [2.75, 3.05) is 6.54 Å². The van der Waals surface area contributed by atoms with Crippen LogP contribution in [-0.4, -0.2) is 29.1 Å². The predicted octanol–water partition coefficient (Wildman–Crippen LogP) is 0.731. The number of carbonyl (C=O) groups is 2. The molecule has 1 amide bonds. The Morgan fingerprint density at radius 3 is 2.38 bits per heavy atom. The van der Waals surface area contributed by atoms with Crippen LogP contribution in [0.4, 0.5) is 0 Å². The largest absolute Gasteiger partial charge is 0.481 e. The van der Waals surface area contributed by atoms with E-state index in [9.17, 15) is 9.59 Å². The van der Waals surface area contributed by atoms with E-state index in [0.29, 0.717) is 25.3 Å². The van der Waals surface area contributed by atoms with Crippen LogP contribution in [0, 0.1) is 5.92 Å². The van der Waals surface area contributed by atoms with E-state index in [2.05, 4.69) is 5.32 Å². The third kappa shape index (κ3) is 5.70. The summed E-state index contributed by atoms with van der Waals surface area (Å²) in [6.45, 7) is 6.48. The van der Waals surface area contributed by atoms with Crippen LogP contribution >= 0.6 is 0 Å². The van der Waals surface area contributed by atoms with Crippen LogP contribution < -0.4 is 11.1 Å². The molecule has 5 nitrogen and oxygen atoms in total. The average Bonchev–Trinajstić information content (AvgIpc) is 2.13. The van der Waals surface area contributed by atoms with Crippen LogP contribution in [0.25, 0.3) is 0 Å². The monoisotopic (exact) mass is 230 g/mol. The van der Waals surface area contributed by atoms with E-state index in [1.165, 1.54) is 0 Å². The highest BCUT2D eigenvalue weighted by atomic mass is 16.4. The second-order valence-electron chi connectivity index (χ2n) is 4.72. The van der Waals surface area contributed by atoms with Crippen LogP contribution in [0.1, 0.15) is 40.0 Å². The number of carboxylic acid groups (broad SMARTS) is 1. The van der Waals surface area contributed by atoms with Crippen LogP contribution in [0.3, 0.4) is 0 Å². The standard InChI is InChI=1S/C11H22N2O3/c1-8(2)7-13-11(3,10(12)16)6-4-5-9(14)15/h8,13H,4-7H2,1-3H3,(H2,12,16)(H,14,15). The summed E-state index contributed by atoms with van der Waals surface area (Å²) in [5.74, 6) is -0.868. The first-order valence-electron chi connectivity index (χ1n) is 5.54. The van der Waals surface area contributed by atoms with Gasteiger partial charge in [-0.3, -0.25) is 9.59 Å². The molecule has 0 heterocycles. The summed E-state index contributed by atoms with van der Waals surface area (Å²) >= 11 is 0. The Balaban J connectivity index is 4.22. The fourth-order valence-electron chi connectivity index (χ4n) is 1.32. The molecule has 4 N–H and O–H groups in total. The Kier molecular flexibility index (Phi) is 6.03. The van der Waals surface area contributed by atoms with Crippen molar-refractivity contribution < 1.29 is 14.7 Å². The van der Waals surface area contributed by atoms with Gasteiger partial charge in [0.25, 0.3) is 0 Å². The molecule has 94 valence electrons. The number of carboxylic acids is 1. The van der Waals surface area contributed by atoms with Gasteiger partial charge in [-0.2, -0.15) is 0 Å². The Morgan fingerprint density at radius 1 is 1.44 bits per heavy atom. The molecule has 0 aliphatic carbocycles. The Bertz CT molecular complexity index is 254. The van der Waals surface area contributed by atoms with Gasteiger partial charge in [-0.05, 0) is 32.2 Å². The lowest BCUT2D eigenvalue weighted by atomic mass is 9.93. The van der Waals surface area contributed by atoms with Crippen molar-refractivity contribution in [3.05, 3.63) is 0 Å². The minimum absolute atomic E-state index is 0.0617. The topological polar surface area (TPSA) is 92.4 Å². The minimum Gasteiger partial charge on any atom is -0.481 e. The molecule has 0 bridgehead atoms. The summed E-state index contributed by atoms with van der Waals surface area (Å²) in [5, 5.41) is 11.6. The number of hydrogen-bond donors (Lipinski definition) is 3. The molecule has 0 radical (unpaired) electrons. The molecule has 0 saturated heterocycles. The quantitative estimate of drug-likeness (QED) is 0.573. The summed E-state index contributed by atoms with van der Waals surface area (Å²) in [5.41, 5.74) is 4.52. The second kappa shape index (κ2) is 6.48. The minimum atomic E-state index is -0.851. The summed E-state index contributed by atoms with van der Waals surface area (Å²) in [6, 6.07) is 0. The number of amides is 1. The zero-order chi connectivity index (χ0) is 12.8. The van der Waals surface area contributed by atoms with Gasteiger partial charge in [0.1, 0.15) is 0 Å². The lowest BCUT2D eigenvalue weighted by Gasteiger charge is -2.28.